The van der Waals surface area contributed by atoms with Gasteiger partial charge < -0.3 is 4.74 Å². The van der Waals surface area contributed by atoms with Gasteiger partial charge in [-0.3, -0.25) is 19.1 Å². The fraction of sp³-hybridized carbons (Fsp3) is 0.500. The van der Waals surface area contributed by atoms with E-state index < -0.39 is 49.8 Å². The number of rotatable bonds is 8. The highest BCUT2D eigenvalue weighted by molar-refractivity contribution is 7.85. The van der Waals surface area contributed by atoms with Crippen molar-refractivity contribution in [3.63, 3.8) is 0 Å². The maximum Gasteiger partial charge on any atom is 0.416 e. The second-order valence-corrected chi connectivity index (χ2v) is 6.27. The number of nitro groups is 1. The molecule has 1 atom stereocenters. The summed E-state index contributed by atoms with van der Waals surface area (Å²) in [5, 5.41) is 10.9. The lowest BCUT2D eigenvalue weighted by molar-refractivity contribution is -0.388. The summed E-state index contributed by atoms with van der Waals surface area (Å²) in [6.07, 6.45) is -2.36. The van der Waals surface area contributed by atoms with Crippen molar-refractivity contribution >= 4 is 22.5 Å². The summed E-state index contributed by atoms with van der Waals surface area (Å²) in [6, 6.07) is 1.65. The van der Waals surface area contributed by atoms with Crippen LogP contribution < -0.4 is 0 Å². The number of unbranched alkanes of at least 4 members (excludes halogenated alkanes) is 2. The van der Waals surface area contributed by atoms with Crippen molar-refractivity contribution in [3.8, 4) is 0 Å². The van der Waals surface area contributed by atoms with E-state index in [1.807, 2.05) is 6.92 Å². The smallest absolute Gasteiger partial charge is 0.416 e. The lowest BCUT2D eigenvalue weighted by Gasteiger charge is -2.09. The molecule has 1 aromatic rings. The third kappa shape index (κ3) is 5.91. The molecular formula is C14H16F3NO5S. The van der Waals surface area contributed by atoms with Crippen LogP contribution in [0.5, 0.6) is 0 Å². The standard InChI is InChI=1S/C14H16F3NO5S/c1-2-3-4-7-23-13(19)9-24(22)12-6-5-10(14(15,16)17)8-11(12)18(20)21/h5-6,8H,2-4,7,9H2,1H3. The number of nitrogens with zero attached hydrogens (tertiary/aromatic N) is 1. The molecule has 0 saturated heterocycles. The van der Waals surface area contributed by atoms with E-state index in [-0.39, 0.29) is 6.61 Å². The van der Waals surface area contributed by atoms with Crippen LogP contribution in [0.2, 0.25) is 0 Å². The predicted octanol–water partition coefficient (Wildman–Crippen LogP) is 3.45. The summed E-state index contributed by atoms with van der Waals surface area (Å²) >= 11 is 0. The molecule has 24 heavy (non-hydrogen) atoms. The highest BCUT2D eigenvalue weighted by atomic mass is 32.2. The van der Waals surface area contributed by atoms with Crippen LogP contribution in [0.1, 0.15) is 31.7 Å². The molecule has 1 aromatic carbocycles. The third-order valence-electron chi connectivity index (χ3n) is 2.99. The molecule has 1 unspecified atom stereocenters. The molecule has 0 aliphatic heterocycles. The van der Waals surface area contributed by atoms with Crippen molar-refractivity contribution in [2.24, 2.45) is 0 Å². The first-order valence-electron chi connectivity index (χ1n) is 7.06. The molecule has 0 radical (unpaired) electrons. The summed E-state index contributed by atoms with van der Waals surface area (Å²) in [5.74, 6) is -1.48. The van der Waals surface area contributed by atoms with Crippen LogP contribution in [0, 0.1) is 10.1 Å². The number of nitro benzene ring substituents is 1. The molecule has 0 heterocycles. The maximum absolute atomic E-state index is 12.6. The Labute approximate surface area is 138 Å². The van der Waals surface area contributed by atoms with E-state index in [0.29, 0.717) is 18.6 Å². The lowest BCUT2D eigenvalue weighted by Crippen LogP contribution is -2.16. The van der Waals surface area contributed by atoms with E-state index in [1.54, 1.807) is 0 Å². The van der Waals surface area contributed by atoms with E-state index in [9.17, 15) is 32.3 Å². The topological polar surface area (TPSA) is 86.5 Å². The quantitative estimate of drug-likeness (QED) is 0.304. The minimum atomic E-state index is -4.76. The van der Waals surface area contributed by atoms with Crippen LogP contribution in [-0.4, -0.2) is 27.5 Å². The van der Waals surface area contributed by atoms with Crippen LogP contribution in [0.3, 0.4) is 0 Å². The number of halogens is 3. The molecular weight excluding hydrogens is 351 g/mol. The number of esters is 1. The summed E-state index contributed by atoms with van der Waals surface area (Å²) in [6.45, 7) is 2.10. The van der Waals surface area contributed by atoms with Crippen LogP contribution >= 0.6 is 0 Å². The second-order valence-electron chi connectivity index (χ2n) is 4.85. The number of carbonyl (C=O) groups is 1. The Kier molecular flexibility index (Phi) is 7.33. The van der Waals surface area contributed by atoms with Crippen molar-refractivity contribution in [2.45, 2.75) is 37.3 Å². The highest BCUT2D eigenvalue weighted by Crippen LogP contribution is 2.34. The van der Waals surface area contributed by atoms with Gasteiger partial charge in [0.05, 0.1) is 27.9 Å². The Morgan fingerprint density at radius 3 is 2.54 bits per heavy atom. The van der Waals surface area contributed by atoms with Gasteiger partial charge >= 0.3 is 12.1 Å². The number of hydrogen-bond donors (Lipinski definition) is 0. The molecule has 1 rings (SSSR count). The van der Waals surface area contributed by atoms with E-state index in [0.717, 1.165) is 18.9 Å². The fourth-order valence-electron chi connectivity index (χ4n) is 1.79. The Morgan fingerprint density at radius 1 is 1.33 bits per heavy atom. The molecule has 0 aromatic heterocycles. The summed E-state index contributed by atoms with van der Waals surface area (Å²) in [7, 11) is -2.17. The Morgan fingerprint density at radius 2 is 2.00 bits per heavy atom. The first-order chi connectivity index (χ1) is 11.2. The third-order valence-corrected chi connectivity index (χ3v) is 4.32. The van der Waals surface area contributed by atoms with Gasteiger partial charge in [-0.25, -0.2) is 0 Å². The molecule has 0 spiro atoms. The Bertz CT molecular complexity index is 633. The van der Waals surface area contributed by atoms with Crippen molar-refractivity contribution in [3.05, 3.63) is 33.9 Å². The van der Waals surface area contributed by atoms with Gasteiger partial charge in [-0.05, 0) is 18.6 Å². The van der Waals surface area contributed by atoms with E-state index >= 15 is 0 Å². The number of carbonyl (C=O) groups excluding carboxylic acids is 1. The van der Waals surface area contributed by atoms with Crippen molar-refractivity contribution in [1.29, 1.82) is 0 Å². The van der Waals surface area contributed by atoms with Gasteiger partial charge in [0.1, 0.15) is 10.6 Å². The average Bonchev–Trinajstić information content (AvgIpc) is 2.50. The zero-order chi connectivity index (χ0) is 18.3. The minimum Gasteiger partial charge on any atom is -0.465 e. The minimum absolute atomic E-state index is 0.138. The Balaban J connectivity index is 2.86. The van der Waals surface area contributed by atoms with Crippen molar-refractivity contribution in [2.75, 3.05) is 12.4 Å². The normalized spacial score (nSPS) is 12.7. The van der Waals surface area contributed by atoms with Crippen LogP contribution in [0.25, 0.3) is 0 Å². The average molecular weight is 367 g/mol. The predicted molar refractivity (Wildman–Crippen MR) is 79.9 cm³/mol. The highest BCUT2D eigenvalue weighted by Gasteiger charge is 2.34. The van der Waals surface area contributed by atoms with Gasteiger partial charge in [-0.1, -0.05) is 19.8 Å². The SMILES string of the molecule is CCCCCOC(=O)CS(=O)c1ccc(C(F)(F)F)cc1[N+](=O)[O-]. The summed E-state index contributed by atoms with van der Waals surface area (Å²) < 4.78 is 54.7. The van der Waals surface area contributed by atoms with Gasteiger partial charge in [0.25, 0.3) is 5.69 Å². The van der Waals surface area contributed by atoms with Gasteiger partial charge in [0, 0.05) is 6.07 Å². The van der Waals surface area contributed by atoms with Crippen LogP contribution in [0.4, 0.5) is 18.9 Å². The molecule has 0 aliphatic carbocycles. The molecule has 0 bridgehead atoms. The molecule has 10 heteroatoms. The zero-order valence-corrected chi connectivity index (χ0v) is 13.6. The fourth-order valence-corrected chi connectivity index (χ4v) is 2.83. The van der Waals surface area contributed by atoms with Gasteiger partial charge in [-0.2, -0.15) is 13.2 Å². The van der Waals surface area contributed by atoms with E-state index in [4.69, 9.17) is 4.74 Å². The van der Waals surface area contributed by atoms with Gasteiger partial charge in [0.2, 0.25) is 0 Å². The first-order valence-corrected chi connectivity index (χ1v) is 8.38. The van der Waals surface area contributed by atoms with E-state index in [2.05, 4.69) is 0 Å². The lowest BCUT2D eigenvalue weighted by atomic mass is 10.2. The first kappa shape index (κ1) is 20.1. The van der Waals surface area contributed by atoms with E-state index in [1.165, 1.54) is 0 Å². The Hall–Kier alpha value is -1.97. The maximum atomic E-state index is 12.6. The zero-order valence-electron chi connectivity index (χ0n) is 12.8. The van der Waals surface area contributed by atoms with Crippen molar-refractivity contribution < 1.29 is 31.8 Å². The molecule has 134 valence electrons. The molecule has 0 N–H and O–H groups in total. The largest absolute Gasteiger partial charge is 0.465 e. The molecule has 0 amide bonds. The second kappa shape index (κ2) is 8.76. The number of benzene rings is 1. The van der Waals surface area contributed by atoms with Gasteiger partial charge in [-0.15, -0.1) is 0 Å². The number of hydrogen-bond acceptors (Lipinski definition) is 5. The molecule has 0 saturated carbocycles. The molecule has 6 nitrogen and oxygen atoms in total. The number of alkyl halides is 3. The van der Waals surface area contributed by atoms with Crippen LogP contribution in [-0.2, 0) is 26.5 Å². The molecule has 0 aliphatic rings. The monoisotopic (exact) mass is 367 g/mol. The molecule has 0 fully saturated rings. The van der Waals surface area contributed by atoms with Gasteiger partial charge in [0.15, 0.2) is 0 Å². The van der Waals surface area contributed by atoms with Crippen molar-refractivity contribution in [1.82, 2.24) is 0 Å². The summed E-state index contributed by atoms with van der Waals surface area (Å²) in [5.41, 5.74) is -2.17. The van der Waals surface area contributed by atoms with Crippen LogP contribution in [0.15, 0.2) is 23.1 Å². The summed E-state index contributed by atoms with van der Waals surface area (Å²) in [4.78, 5) is 20.9. The number of ether oxygens (including phenoxy) is 1.